The average Bonchev–Trinajstić information content (AvgIpc) is 3.54. The minimum atomic E-state index is -0.242. The Hall–Kier alpha value is -3.58. The summed E-state index contributed by atoms with van der Waals surface area (Å²) in [6.45, 7) is 1.39. The van der Waals surface area contributed by atoms with Gasteiger partial charge in [-0.05, 0) is 48.4 Å². The van der Waals surface area contributed by atoms with Crippen molar-refractivity contribution in [2.24, 2.45) is 0 Å². The number of fused-ring (bicyclic) bond motifs is 1. The Morgan fingerprint density at radius 3 is 2.56 bits per heavy atom. The van der Waals surface area contributed by atoms with Crippen molar-refractivity contribution in [1.29, 1.82) is 0 Å². The molecule has 162 valence electrons. The number of hydrogen-bond acceptors (Lipinski definition) is 4. The highest BCUT2D eigenvalue weighted by Gasteiger charge is 2.41. The van der Waals surface area contributed by atoms with E-state index in [0.29, 0.717) is 17.3 Å². The Bertz CT molecular complexity index is 1220. The van der Waals surface area contributed by atoms with Crippen LogP contribution in [0.25, 0.3) is 11.3 Å². The first-order valence-corrected chi connectivity index (χ1v) is 10.8. The van der Waals surface area contributed by atoms with Crippen LogP contribution in [-0.2, 0) is 6.54 Å². The molecular weight excluding hydrogens is 426 g/mol. The van der Waals surface area contributed by atoms with Crippen LogP contribution in [-0.4, -0.2) is 44.2 Å². The lowest BCUT2D eigenvalue weighted by atomic mass is 9.96. The molecule has 3 heterocycles. The number of imidazole rings is 1. The van der Waals surface area contributed by atoms with Gasteiger partial charge >= 0.3 is 0 Å². The van der Waals surface area contributed by atoms with Gasteiger partial charge in [-0.1, -0.05) is 23.7 Å². The normalized spacial score (nSPS) is 15.2. The summed E-state index contributed by atoms with van der Waals surface area (Å²) < 4.78 is 7.30. The standard InChI is InChI=1S/C24H22ClN5O2/c1-32-19-9-5-16(6-10-19)21-20-22(28-27-21)24(31)30(13-2-12-29-14-11-26-15-29)23(20)17-3-7-18(25)8-4-17/h3-11,14-15,23H,2,12-13H2,1H3,(H,27,28). The van der Waals surface area contributed by atoms with Crippen molar-refractivity contribution >= 4 is 17.5 Å². The van der Waals surface area contributed by atoms with Gasteiger partial charge in [-0.2, -0.15) is 5.10 Å². The maximum absolute atomic E-state index is 13.4. The van der Waals surface area contributed by atoms with E-state index in [0.717, 1.165) is 41.1 Å². The summed E-state index contributed by atoms with van der Waals surface area (Å²) in [5.74, 6) is 0.727. The molecule has 2 aromatic heterocycles. The van der Waals surface area contributed by atoms with Gasteiger partial charge in [0.1, 0.15) is 11.4 Å². The minimum absolute atomic E-state index is 0.0437. The van der Waals surface area contributed by atoms with E-state index in [2.05, 4.69) is 15.2 Å². The highest BCUT2D eigenvalue weighted by molar-refractivity contribution is 6.30. The zero-order valence-corrected chi connectivity index (χ0v) is 18.3. The predicted octanol–water partition coefficient (Wildman–Crippen LogP) is 4.57. The summed E-state index contributed by atoms with van der Waals surface area (Å²) in [5, 5.41) is 8.17. The van der Waals surface area contributed by atoms with E-state index in [4.69, 9.17) is 16.3 Å². The summed E-state index contributed by atoms with van der Waals surface area (Å²) in [7, 11) is 1.64. The van der Waals surface area contributed by atoms with Gasteiger partial charge in [-0.3, -0.25) is 9.89 Å². The third-order valence-electron chi connectivity index (χ3n) is 5.79. The molecule has 8 heteroatoms. The van der Waals surface area contributed by atoms with Crippen LogP contribution in [0.1, 0.15) is 34.1 Å². The second kappa shape index (κ2) is 8.51. The van der Waals surface area contributed by atoms with Crippen molar-refractivity contribution in [2.45, 2.75) is 19.0 Å². The molecule has 1 amide bonds. The fourth-order valence-corrected chi connectivity index (χ4v) is 4.36. The predicted molar refractivity (Wildman–Crippen MR) is 122 cm³/mol. The van der Waals surface area contributed by atoms with Crippen molar-refractivity contribution in [2.75, 3.05) is 13.7 Å². The van der Waals surface area contributed by atoms with E-state index in [-0.39, 0.29) is 11.9 Å². The van der Waals surface area contributed by atoms with E-state index < -0.39 is 0 Å². The van der Waals surface area contributed by atoms with E-state index >= 15 is 0 Å². The van der Waals surface area contributed by atoms with Crippen LogP contribution >= 0.6 is 11.6 Å². The maximum Gasteiger partial charge on any atom is 0.273 e. The lowest BCUT2D eigenvalue weighted by Crippen LogP contribution is -2.31. The molecule has 1 aliphatic heterocycles. The van der Waals surface area contributed by atoms with E-state index in [1.165, 1.54) is 0 Å². The van der Waals surface area contributed by atoms with Crippen molar-refractivity contribution in [3.05, 3.63) is 89.1 Å². The van der Waals surface area contributed by atoms with Gasteiger partial charge in [0, 0.05) is 41.6 Å². The first kappa shape index (κ1) is 20.3. The van der Waals surface area contributed by atoms with Gasteiger partial charge in [-0.15, -0.1) is 0 Å². The van der Waals surface area contributed by atoms with Crippen LogP contribution < -0.4 is 4.74 Å². The van der Waals surface area contributed by atoms with Crippen LogP contribution in [0, 0.1) is 0 Å². The molecule has 1 aliphatic rings. The van der Waals surface area contributed by atoms with Crippen LogP contribution in [0.5, 0.6) is 5.75 Å². The number of carbonyl (C=O) groups is 1. The highest BCUT2D eigenvalue weighted by Crippen LogP contribution is 2.43. The zero-order valence-electron chi connectivity index (χ0n) is 17.5. The molecule has 5 rings (SSSR count). The van der Waals surface area contributed by atoms with Crippen LogP contribution in [0.3, 0.4) is 0 Å². The SMILES string of the molecule is COc1ccc(-c2n[nH]c3c2C(c2ccc(Cl)cc2)N(CCCn2ccnc2)C3=O)cc1. The number of ether oxygens (including phenoxy) is 1. The van der Waals surface area contributed by atoms with Gasteiger partial charge in [0.15, 0.2) is 0 Å². The van der Waals surface area contributed by atoms with Gasteiger partial charge in [0.05, 0.1) is 25.2 Å². The fourth-order valence-electron chi connectivity index (χ4n) is 4.23. The Kier molecular flexibility index (Phi) is 5.41. The third kappa shape index (κ3) is 3.65. The molecule has 0 fully saturated rings. The molecule has 0 saturated heterocycles. The van der Waals surface area contributed by atoms with Crippen LogP contribution in [0.4, 0.5) is 0 Å². The molecule has 0 spiro atoms. The number of rotatable bonds is 7. The first-order valence-electron chi connectivity index (χ1n) is 10.4. The molecule has 4 aromatic rings. The van der Waals surface area contributed by atoms with Gasteiger partial charge < -0.3 is 14.2 Å². The summed E-state index contributed by atoms with van der Waals surface area (Å²) in [6.07, 6.45) is 6.28. The number of halogens is 1. The Labute approximate surface area is 190 Å². The van der Waals surface area contributed by atoms with E-state index in [1.54, 1.807) is 19.6 Å². The molecule has 1 atom stereocenters. The maximum atomic E-state index is 13.4. The number of nitrogens with zero attached hydrogens (tertiary/aromatic N) is 4. The molecule has 0 aliphatic carbocycles. The Morgan fingerprint density at radius 1 is 1.09 bits per heavy atom. The third-order valence-corrected chi connectivity index (χ3v) is 6.04. The second-order valence-electron chi connectivity index (χ2n) is 7.70. The summed E-state index contributed by atoms with van der Waals surface area (Å²) >= 11 is 6.14. The zero-order chi connectivity index (χ0) is 22.1. The van der Waals surface area contributed by atoms with Crippen molar-refractivity contribution < 1.29 is 9.53 Å². The molecule has 0 radical (unpaired) electrons. The molecule has 7 nitrogen and oxygen atoms in total. The summed E-state index contributed by atoms with van der Waals surface area (Å²) in [6, 6.07) is 15.1. The van der Waals surface area contributed by atoms with Gasteiger partial charge in [0.25, 0.3) is 5.91 Å². The first-order chi connectivity index (χ1) is 15.7. The summed E-state index contributed by atoms with van der Waals surface area (Å²) in [4.78, 5) is 19.4. The fraction of sp³-hybridized carbons (Fsp3) is 0.208. The van der Waals surface area contributed by atoms with Crippen LogP contribution in [0.15, 0.2) is 67.3 Å². The number of nitrogens with one attached hydrogen (secondary N) is 1. The number of aromatic amines is 1. The van der Waals surface area contributed by atoms with Crippen molar-refractivity contribution in [3.63, 3.8) is 0 Å². The summed E-state index contributed by atoms with van der Waals surface area (Å²) in [5.41, 5.74) is 4.13. The number of methoxy groups -OCH3 is 1. The highest BCUT2D eigenvalue weighted by atomic mass is 35.5. The molecule has 2 aromatic carbocycles. The smallest absolute Gasteiger partial charge is 0.273 e. The number of aromatic nitrogens is 4. The topological polar surface area (TPSA) is 76.0 Å². The number of hydrogen-bond donors (Lipinski definition) is 1. The molecule has 32 heavy (non-hydrogen) atoms. The monoisotopic (exact) mass is 447 g/mol. The van der Waals surface area contributed by atoms with E-state index in [1.807, 2.05) is 64.2 Å². The molecule has 0 bridgehead atoms. The molecular formula is C24H22ClN5O2. The number of carbonyl (C=O) groups excluding carboxylic acids is 1. The van der Waals surface area contributed by atoms with E-state index in [9.17, 15) is 4.79 Å². The second-order valence-corrected chi connectivity index (χ2v) is 8.13. The number of benzene rings is 2. The lowest BCUT2D eigenvalue weighted by Gasteiger charge is -2.26. The largest absolute Gasteiger partial charge is 0.497 e. The molecule has 0 saturated carbocycles. The number of H-pyrrole nitrogens is 1. The quantitative estimate of drug-likeness (QED) is 0.450. The lowest BCUT2D eigenvalue weighted by molar-refractivity contribution is 0.0739. The molecule has 1 unspecified atom stereocenters. The van der Waals surface area contributed by atoms with Crippen molar-refractivity contribution in [3.8, 4) is 17.0 Å². The number of amides is 1. The average molecular weight is 448 g/mol. The molecule has 1 N–H and O–H groups in total. The minimum Gasteiger partial charge on any atom is -0.497 e. The van der Waals surface area contributed by atoms with Gasteiger partial charge in [-0.25, -0.2) is 4.98 Å². The van der Waals surface area contributed by atoms with Crippen molar-refractivity contribution in [1.82, 2.24) is 24.6 Å². The van der Waals surface area contributed by atoms with Gasteiger partial charge in [0.2, 0.25) is 0 Å². The Balaban J connectivity index is 1.51. The number of aryl methyl sites for hydroxylation is 1. The Morgan fingerprint density at radius 2 is 1.88 bits per heavy atom. The van der Waals surface area contributed by atoms with Crippen LogP contribution in [0.2, 0.25) is 5.02 Å².